The first-order valence-corrected chi connectivity index (χ1v) is 10.4. The molecule has 1 unspecified atom stereocenters. The molecule has 2 aromatic rings. The van der Waals surface area contributed by atoms with Crippen LogP contribution >= 0.6 is 0 Å². The Bertz CT molecular complexity index is 1030. The molecule has 0 aliphatic heterocycles. The predicted molar refractivity (Wildman–Crippen MR) is 88.3 cm³/mol. The molecule has 0 heterocycles. The fourth-order valence-electron chi connectivity index (χ4n) is 1.75. The summed E-state index contributed by atoms with van der Waals surface area (Å²) >= 11 is -2.40. The average molecular weight is 427 g/mol. The fourth-order valence-corrected chi connectivity index (χ4v) is 3.51. The second kappa shape index (κ2) is 7.17. The average Bonchev–Trinajstić information content (AvgIpc) is 2.49. The summed E-state index contributed by atoms with van der Waals surface area (Å²) in [6.07, 6.45) is 0. The molecule has 0 fully saturated rings. The van der Waals surface area contributed by atoms with Gasteiger partial charge in [-0.05, 0) is 24.6 Å². The first-order chi connectivity index (χ1) is 11.9. The number of hydrogen-bond acceptors (Lipinski definition) is 7. The summed E-state index contributed by atoms with van der Waals surface area (Å²) < 4.78 is 89.0. The SMILES string of the molecule is Cc1ccc(NS(=O)Oc2cc(S(=O)(=O)F)cc(S(=O)(=O)F)c2)cc1O. The summed E-state index contributed by atoms with van der Waals surface area (Å²) in [6.45, 7) is 1.62. The maximum Gasteiger partial charge on any atom is 0.332 e. The molecule has 0 amide bonds. The molecule has 0 saturated heterocycles. The molecule has 0 radical (unpaired) electrons. The van der Waals surface area contributed by atoms with Crippen LogP contribution in [-0.4, -0.2) is 26.2 Å². The van der Waals surface area contributed by atoms with Gasteiger partial charge in [0.2, 0.25) is 0 Å². The number of nitrogens with one attached hydrogen (secondary N) is 1. The summed E-state index contributed by atoms with van der Waals surface area (Å²) in [5, 5.41) is 9.56. The zero-order chi connectivity index (χ0) is 19.7. The van der Waals surface area contributed by atoms with Gasteiger partial charge in [-0.1, -0.05) is 6.07 Å². The van der Waals surface area contributed by atoms with Gasteiger partial charge in [0.25, 0.3) is 0 Å². The second-order valence-electron chi connectivity index (χ2n) is 4.94. The zero-order valence-electron chi connectivity index (χ0n) is 12.8. The number of anilines is 1. The number of rotatable bonds is 6. The van der Waals surface area contributed by atoms with Crippen molar-refractivity contribution in [3.05, 3.63) is 42.0 Å². The predicted octanol–water partition coefficient (Wildman–Crippen LogP) is 2.09. The third-order valence-corrected chi connectivity index (χ3v) is 5.34. The van der Waals surface area contributed by atoms with Crippen LogP contribution in [0, 0.1) is 6.92 Å². The van der Waals surface area contributed by atoms with Crippen LogP contribution in [0.1, 0.15) is 5.56 Å². The van der Waals surface area contributed by atoms with Crippen LogP contribution in [0.4, 0.5) is 13.5 Å². The van der Waals surface area contributed by atoms with Crippen molar-refractivity contribution in [2.75, 3.05) is 4.72 Å². The molecule has 1 atom stereocenters. The molecule has 2 N–H and O–H groups in total. The van der Waals surface area contributed by atoms with Gasteiger partial charge in [-0.3, -0.25) is 4.72 Å². The van der Waals surface area contributed by atoms with Crippen LogP contribution in [0.25, 0.3) is 0 Å². The zero-order valence-corrected chi connectivity index (χ0v) is 15.3. The van der Waals surface area contributed by atoms with Crippen LogP contribution in [0.3, 0.4) is 0 Å². The molecule has 0 aliphatic rings. The van der Waals surface area contributed by atoms with Gasteiger partial charge in [-0.15, -0.1) is 7.77 Å². The Labute approximate surface area is 150 Å². The molecular weight excluding hydrogens is 416 g/mol. The molecule has 0 aliphatic carbocycles. The number of halogens is 2. The Balaban J connectivity index is 2.32. The van der Waals surface area contributed by atoms with E-state index in [2.05, 4.69) is 4.72 Å². The van der Waals surface area contributed by atoms with Crippen molar-refractivity contribution in [3.8, 4) is 11.5 Å². The lowest BCUT2D eigenvalue weighted by Crippen LogP contribution is -2.11. The highest BCUT2D eigenvalue weighted by molar-refractivity contribution is 7.87. The Kier molecular flexibility index (Phi) is 5.53. The summed E-state index contributed by atoms with van der Waals surface area (Å²) in [4.78, 5) is -2.37. The van der Waals surface area contributed by atoms with Crippen LogP contribution in [0.15, 0.2) is 46.2 Å². The molecule has 0 aromatic heterocycles. The summed E-state index contributed by atoms with van der Waals surface area (Å²) in [7, 11) is -10.8. The molecule has 0 spiro atoms. The van der Waals surface area contributed by atoms with Crippen molar-refractivity contribution in [2.24, 2.45) is 0 Å². The maximum absolute atomic E-state index is 13.1. The number of hydrogen-bond donors (Lipinski definition) is 2. The van der Waals surface area contributed by atoms with Crippen molar-refractivity contribution < 1.29 is 38.1 Å². The third-order valence-electron chi connectivity index (χ3n) is 3.00. The Morgan fingerprint density at radius 3 is 2.00 bits per heavy atom. The Morgan fingerprint density at radius 2 is 1.54 bits per heavy atom. The van der Waals surface area contributed by atoms with E-state index in [-0.39, 0.29) is 17.5 Å². The van der Waals surface area contributed by atoms with Crippen molar-refractivity contribution in [1.29, 1.82) is 0 Å². The highest BCUT2D eigenvalue weighted by Crippen LogP contribution is 2.27. The van der Waals surface area contributed by atoms with Crippen molar-refractivity contribution in [1.82, 2.24) is 0 Å². The summed E-state index contributed by atoms with van der Waals surface area (Å²) in [5.74, 6) is -0.787. The van der Waals surface area contributed by atoms with Crippen molar-refractivity contribution in [2.45, 2.75) is 16.7 Å². The third kappa shape index (κ3) is 5.12. The monoisotopic (exact) mass is 427 g/mol. The number of benzene rings is 2. The van der Waals surface area contributed by atoms with Crippen LogP contribution in [0.5, 0.6) is 11.5 Å². The van der Waals surface area contributed by atoms with E-state index in [0.29, 0.717) is 17.7 Å². The van der Waals surface area contributed by atoms with E-state index in [1.54, 1.807) is 6.92 Å². The first-order valence-electron chi connectivity index (χ1n) is 6.57. The molecule has 0 bridgehead atoms. The molecule has 0 saturated carbocycles. The minimum Gasteiger partial charge on any atom is -0.508 e. The Hall–Kier alpha value is -2.25. The minimum absolute atomic E-state index is 0.108. The Morgan fingerprint density at radius 1 is 1.00 bits per heavy atom. The molecule has 13 heteroatoms. The smallest absolute Gasteiger partial charge is 0.332 e. The van der Waals surface area contributed by atoms with Gasteiger partial charge in [0, 0.05) is 18.2 Å². The molecule has 2 rings (SSSR count). The van der Waals surface area contributed by atoms with Gasteiger partial charge in [-0.25, -0.2) is 0 Å². The van der Waals surface area contributed by atoms with Gasteiger partial charge in [0.15, 0.2) is 0 Å². The highest BCUT2D eigenvalue weighted by Gasteiger charge is 2.22. The highest BCUT2D eigenvalue weighted by atomic mass is 32.3. The van der Waals surface area contributed by atoms with Crippen LogP contribution in [-0.2, 0) is 31.7 Å². The van der Waals surface area contributed by atoms with Gasteiger partial charge in [0.05, 0.1) is 5.69 Å². The standard InChI is InChI=1S/C13H11F2NO7S3/c1-8-2-3-9(4-13(8)17)16-24(18)23-10-5-11(25(14,19)20)7-12(6-10)26(15,21)22/h2-7,16-17H,1H3. The molecule has 2 aromatic carbocycles. The molecule has 8 nitrogen and oxygen atoms in total. The molecule has 142 valence electrons. The lowest BCUT2D eigenvalue weighted by Gasteiger charge is -2.09. The lowest BCUT2D eigenvalue weighted by atomic mass is 10.2. The lowest BCUT2D eigenvalue weighted by molar-refractivity contribution is 0.471. The number of phenols is 1. The number of aromatic hydroxyl groups is 1. The molecule has 26 heavy (non-hydrogen) atoms. The number of aryl methyl sites for hydroxylation is 1. The van der Waals surface area contributed by atoms with E-state index in [0.717, 1.165) is 0 Å². The van der Waals surface area contributed by atoms with E-state index >= 15 is 0 Å². The number of phenolic OH excluding ortho intramolecular Hbond substituents is 1. The van der Waals surface area contributed by atoms with Gasteiger partial charge >= 0.3 is 31.7 Å². The second-order valence-corrected chi connectivity index (χ2v) is 8.47. The quantitative estimate of drug-likeness (QED) is 0.676. The van der Waals surface area contributed by atoms with E-state index in [9.17, 15) is 33.9 Å². The largest absolute Gasteiger partial charge is 0.508 e. The van der Waals surface area contributed by atoms with Gasteiger partial charge in [0.1, 0.15) is 21.3 Å². The van der Waals surface area contributed by atoms with E-state index < -0.39 is 47.3 Å². The summed E-state index contributed by atoms with van der Waals surface area (Å²) in [6, 6.07) is 5.49. The fraction of sp³-hybridized carbons (Fsp3) is 0.0769. The van der Waals surface area contributed by atoms with Crippen LogP contribution < -0.4 is 8.91 Å². The maximum atomic E-state index is 13.1. The normalized spacial score (nSPS) is 13.2. The first kappa shape index (κ1) is 20.1. The van der Waals surface area contributed by atoms with Crippen molar-refractivity contribution in [3.63, 3.8) is 0 Å². The molecular formula is C13H11F2NO7S3. The van der Waals surface area contributed by atoms with E-state index in [1.807, 2.05) is 0 Å². The van der Waals surface area contributed by atoms with Crippen LogP contribution in [0.2, 0.25) is 0 Å². The van der Waals surface area contributed by atoms with E-state index in [1.165, 1.54) is 18.2 Å². The minimum atomic E-state index is -5.38. The van der Waals surface area contributed by atoms with Gasteiger partial charge < -0.3 is 9.29 Å². The summed E-state index contributed by atoms with van der Waals surface area (Å²) in [5.41, 5.74) is 0.694. The topological polar surface area (TPSA) is 127 Å². The van der Waals surface area contributed by atoms with Gasteiger partial charge in [-0.2, -0.15) is 21.0 Å². The van der Waals surface area contributed by atoms with Crippen molar-refractivity contribution >= 4 is 37.4 Å². The van der Waals surface area contributed by atoms with E-state index in [4.69, 9.17) is 4.18 Å².